The molecule has 34 heavy (non-hydrogen) atoms. The summed E-state index contributed by atoms with van der Waals surface area (Å²) < 4.78 is 6.44. The number of carbonyl (C=O) groups is 2. The fraction of sp³-hybridized carbons (Fsp3) is 0.214. The Morgan fingerprint density at radius 2 is 1.44 bits per heavy atom. The largest absolute Gasteiger partial charge is 0.457 e. The Balaban J connectivity index is 1.58. The third kappa shape index (κ3) is 4.32. The van der Waals surface area contributed by atoms with E-state index in [1.165, 1.54) is 0 Å². The number of anilines is 1. The molecule has 2 amide bonds. The first-order chi connectivity index (χ1) is 16.6. The maximum atomic E-state index is 13.2. The molecule has 1 N–H and O–H groups in total. The maximum Gasteiger partial charge on any atom is 0.255 e. The molecule has 1 aromatic heterocycles. The van der Waals surface area contributed by atoms with Crippen molar-refractivity contribution in [3.63, 3.8) is 0 Å². The van der Waals surface area contributed by atoms with Crippen molar-refractivity contribution in [2.45, 2.75) is 13.0 Å². The maximum absolute atomic E-state index is 13.2. The molecule has 5 rings (SSSR count). The van der Waals surface area contributed by atoms with Gasteiger partial charge < -0.3 is 14.6 Å². The predicted molar refractivity (Wildman–Crippen MR) is 133 cm³/mol. The Hall–Kier alpha value is -3.90. The van der Waals surface area contributed by atoms with Gasteiger partial charge in [0.2, 0.25) is 5.91 Å². The van der Waals surface area contributed by atoms with Crippen LogP contribution in [0.1, 0.15) is 34.6 Å². The summed E-state index contributed by atoms with van der Waals surface area (Å²) in [6.45, 7) is 4.35. The second-order valence-electron chi connectivity index (χ2n) is 8.51. The number of hydrogen-bond acceptors (Lipinski definition) is 4. The van der Waals surface area contributed by atoms with E-state index in [4.69, 9.17) is 4.42 Å². The standard InChI is InChI=1S/C28H27N3O3/c1-20(32)30-16-18-31(19-17-30)26(21-10-4-2-5-11-21)27-25(23-14-8-9-15-24(23)34-27)29-28(33)22-12-6-3-7-13-22/h2-15,26H,16-19H2,1H3,(H,29,33)/t26-/m1/s1. The van der Waals surface area contributed by atoms with Gasteiger partial charge in [0.1, 0.15) is 11.3 Å². The van der Waals surface area contributed by atoms with Crippen LogP contribution in [0.25, 0.3) is 11.0 Å². The van der Waals surface area contributed by atoms with E-state index in [0.717, 1.165) is 16.5 Å². The Morgan fingerprint density at radius 1 is 0.824 bits per heavy atom. The number of furan rings is 1. The summed E-state index contributed by atoms with van der Waals surface area (Å²) in [7, 11) is 0. The number of carbonyl (C=O) groups excluding carboxylic acids is 2. The monoisotopic (exact) mass is 453 g/mol. The number of hydrogen-bond donors (Lipinski definition) is 1. The van der Waals surface area contributed by atoms with Crippen LogP contribution in [0.15, 0.2) is 89.3 Å². The molecule has 1 aliphatic heterocycles. The molecule has 0 aliphatic carbocycles. The van der Waals surface area contributed by atoms with Gasteiger partial charge in [0.05, 0.1) is 11.7 Å². The van der Waals surface area contributed by atoms with E-state index < -0.39 is 0 Å². The molecule has 1 atom stereocenters. The molecule has 6 heteroatoms. The first-order valence-corrected chi connectivity index (χ1v) is 11.5. The second-order valence-corrected chi connectivity index (χ2v) is 8.51. The van der Waals surface area contributed by atoms with Gasteiger partial charge in [-0.1, -0.05) is 60.7 Å². The number of amides is 2. The minimum atomic E-state index is -0.200. The molecule has 6 nitrogen and oxygen atoms in total. The first kappa shape index (κ1) is 21.9. The van der Waals surface area contributed by atoms with Crippen LogP contribution in [0.2, 0.25) is 0 Å². The van der Waals surface area contributed by atoms with Gasteiger partial charge in [-0.2, -0.15) is 0 Å². The van der Waals surface area contributed by atoms with Crippen molar-refractivity contribution in [1.29, 1.82) is 0 Å². The highest BCUT2D eigenvalue weighted by Gasteiger charge is 2.32. The van der Waals surface area contributed by atoms with Crippen molar-refractivity contribution < 1.29 is 14.0 Å². The van der Waals surface area contributed by atoms with E-state index in [-0.39, 0.29) is 17.9 Å². The first-order valence-electron chi connectivity index (χ1n) is 11.5. The molecule has 0 spiro atoms. The Morgan fingerprint density at radius 3 is 2.12 bits per heavy atom. The van der Waals surface area contributed by atoms with E-state index in [9.17, 15) is 9.59 Å². The third-order valence-corrected chi connectivity index (χ3v) is 6.39. The number of nitrogens with zero attached hydrogens (tertiary/aromatic N) is 2. The quantitative estimate of drug-likeness (QED) is 0.465. The summed E-state index contributed by atoms with van der Waals surface area (Å²) in [6, 6.07) is 26.9. The number of nitrogens with one attached hydrogen (secondary N) is 1. The summed E-state index contributed by atoms with van der Waals surface area (Å²) in [6.07, 6.45) is 0. The van der Waals surface area contributed by atoms with Crippen molar-refractivity contribution >= 4 is 28.5 Å². The van der Waals surface area contributed by atoms with Gasteiger partial charge in [0.15, 0.2) is 0 Å². The highest BCUT2D eigenvalue weighted by atomic mass is 16.3. The molecule has 0 bridgehead atoms. The van der Waals surface area contributed by atoms with Gasteiger partial charge in [-0.3, -0.25) is 14.5 Å². The van der Waals surface area contributed by atoms with E-state index in [2.05, 4.69) is 22.3 Å². The van der Waals surface area contributed by atoms with Crippen LogP contribution >= 0.6 is 0 Å². The van der Waals surface area contributed by atoms with Crippen LogP contribution in [0, 0.1) is 0 Å². The molecule has 1 aliphatic rings. The van der Waals surface area contributed by atoms with Crippen LogP contribution in [0.3, 0.4) is 0 Å². The van der Waals surface area contributed by atoms with Crippen LogP contribution in [0.5, 0.6) is 0 Å². The summed E-state index contributed by atoms with van der Waals surface area (Å²) in [5, 5.41) is 4.01. The van der Waals surface area contributed by atoms with Gasteiger partial charge in [0.25, 0.3) is 5.91 Å². The Labute approximate surface area is 198 Å². The lowest BCUT2D eigenvalue weighted by Gasteiger charge is -2.38. The molecule has 0 radical (unpaired) electrons. The topological polar surface area (TPSA) is 65.8 Å². The second kappa shape index (κ2) is 9.53. The van der Waals surface area contributed by atoms with Gasteiger partial charge in [-0.15, -0.1) is 0 Å². The van der Waals surface area contributed by atoms with E-state index >= 15 is 0 Å². The summed E-state index contributed by atoms with van der Waals surface area (Å²) in [5.41, 5.74) is 3.08. The normalized spacial score (nSPS) is 15.3. The van der Waals surface area contributed by atoms with Gasteiger partial charge in [-0.25, -0.2) is 0 Å². The van der Waals surface area contributed by atoms with Crippen LogP contribution < -0.4 is 5.32 Å². The van der Waals surface area contributed by atoms with Crippen molar-refractivity contribution in [3.8, 4) is 0 Å². The van der Waals surface area contributed by atoms with E-state index in [1.807, 2.05) is 65.6 Å². The molecular weight excluding hydrogens is 426 g/mol. The minimum Gasteiger partial charge on any atom is -0.457 e. The molecular formula is C28H27N3O3. The average Bonchev–Trinajstić information content (AvgIpc) is 3.23. The smallest absolute Gasteiger partial charge is 0.255 e. The van der Waals surface area contributed by atoms with E-state index in [0.29, 0.717) is 43.2 Å². The lowest BCUT2D eigenvalue weighted by atomic mass is 10.00. The molecule has 2 heterocycles. The highest BCUT2D eigenvalue weighted by molar-refractivity contribution is 6.09. The summed E-state index contributed by atoms with van der Waals surface area (Å²) in [5.74, 6) is 0.616. The molecule has 0 saturated carbocycles. The predicted octanol–water partition coefficient (Wildman–Crippen LogP) is 4.94. The number of piperazine rings is 1. The lowest BCUT2D eigenvalue weighted by molar-refractivity contribution is -0.130. The van der Waals surface area contributed by atoms with Crippen molar-refractivity contribution in [2.75, 3.05) is 31.5 Å². The zero-order chi connectivity index (χ0) is 23.5. The van der Waals surface area contributed by atoms with Crippen molar-refractivity contribution in [3.05, 3.63) is 102 Å². The average molecular weight is 454 g/mol. The molecule has 3 aromatic carbocycles. The lowest BCUT2D eigenvalue weighted by Crippen LogP contribution is -2.49. The van der Waals surface area contributed by atoms with Gasteiger partial charge in [0, 0.05) is 44.1 Å². The fourth-order valence-corrected chi connectivity index (χ4v) is 4.62. The Kier molecular flexibility index (Phi) is 6.14. The van der Waals surface area contributed by atoms with Crippen molar-refractivity contribution in [2.24, 2.45) is 0 Å². The van der Waals surface area contributed by atoms with Crippen molar-refractivity contribution in [1.82, 2.24) is 9.80 Å². The molecule has 1 fully saturated rings. The zero-order valence-electron chi connectivity index (χ0n) is 19.1. The molecule has 0 unspecified atom stereocenters. The molecule has 172 valence electrons. The fourth-order valence-electron chi connectivity index (χ4n) is 4.62. The number of benzene rings is 3. The van der Waals surface area contributed by atoms with Crippen LogP contribution in [0.4, 0.5) is 5.69 Å². The summed E-state index contributed by atoms with van der Waals surface area (Å²) >= 11 is 0. The van der Waals surface area contributed by atoms with Gasteiger partial charge >= 0.3 is 0 Å². The Bertz CT molecular complexity index is 1290. The van der Waals surface area contributed by atoms with E-state index in [1.54, 1.807) is 19.1 Å². The SMILES string of the molecule is CC(=O)N1CCN([C@H](c2ccccc2)c2oc3ccccc3c2NC(=O)c2ccccc2)CC1. The van der Waals surface area contributed by atoms with Crippen LogP contribution in [-0.2, 0) is 4.79 Å². The number of para-hydroxylation sites is 1. The molecule has 1 saturated heterocycles. The van der Waals surface area contributed by atoms with Gasteiger partial charge in [-0.05, 0) is 29.8 Å². The number of rotatable bonds is 5. The zero-order valence-corrected chi connectivity index (χ0v) is 19.1. The van der Waals surface area contributed by atoms with Crippen LogP contribution in [-0.4, -0.2) is 47.8 Å². The number of fused-ring (bicyclic) bond motifs is 1. The minimum absolute atomic E-state index is 0.0930. The highest BCUT2D eigenvalue weighted by Crippen LogP contribution is 2.40. The summed E-state index contributed by atoms with van der Waals surface area (Å²) in [4.78, 5) is 29.2. The third-order valence-electron chi connectivity index (χ3n) is 6.39. The molecule has 4 aromatic rings.